The maximum atomic E-state index is 12.2. The van der Waals surface area contributed by atoms with Gasteiger partial charge in [-0.1, -0.05) is 30.3 Å². The zero-order valence-electron chi connectivity index (χ0n) is 10.7. The number of aromatic nitrogens is 2. The molecule has 0 aliphatic rings. The normalized spacial score (nSPS) is 11.6. The van der Waals surface area contributed by atoms with Gasteiger partial charge in [-0.3, -0.25) is 4.79 Å². The molecule has 7 nitrogen and oxygen atoms in total. The highest BCUT2D eigenvalue weighted by Crippen LogP contribution is 2.12. The van der Waals surface area contributed by atoms with Crippen molar-refractivity contribution < 1.29 is 9.59 Å². The largest absolute Gasteiger partial charge is 0.352 e. The highest BCUT2D eigenvalue weighted by Gasteiger charge is 2.21. The van der Waals surface area contributed by atoms with E-state index in [2.05, 4.69) is 20.6 Å². The van der Waals surface area contributed by atoms with E-state index in [1.807, 2.05) is 6.07 Å². The van der Waals surface area contributed by atoms with Gasteiger partial charge in [-0.05, 0) is 5.56 Å². The molecule has 0 spiro atoms. The Bertz CT molecular complexity index is 568. The van der Waals surface area contributed by atoms with Gasteiger partial charge < -0.3 is 21.4 Å². The number of hydrogen-bond acceptors (Lipinski definition) is 3. The second-order valence-corrected chi connectivity index (χ2v) is 4.15. The van der Waals surface area contributed by atoms with Crippen molar-refractivity contribution in [1.82, 2.24) is 20.6 Å². The molecule has 1 heterocycles. The second-order valence-electron chi connectivity index (χ2n) is 4.15. The first-order valence-corrected chi connectivity index (χ1v) is 6.02. The van der Waals surface area contributed by atoms with Crippen LogP contribution in [0.2, 0.25) is 0 Å². The van der Waals surface area contributed by atoms with Gasteiger partial charge in [-0.15, -0.1) is 0 Å². The number of imidazole rings is 1. The van der Waals surface area contributed by atoms with E-state index >= 15 is 0 Å². The average molecular weight is 273 g/mol. The molecule has 2 rings (SSSR count). The molecule has 104 valence electrons. The number of carbonyl (C=O) groups is 2. The summed E-state index contributed by atoms with van der Waals surface area (Å²) in [5.41, 5.74) is 6.54. The molecule has 0 saturated heterocycles. The van der Waals surface area contributed by atoms with Crippen molar-refractivity contribution in [2.75, 3.05) is 0 Å². The molecule has 5 N–H and O–H groups in total. The lowest BCUT2D eigenvalue weighted by Gasteiger charge is -2.17. The van der Waals surface area contributed by atoms with Crippen molar-refractivity contribution in [1.29, 1.82) is 0 Å². The summed E-state index contributed by atoms with van der Waals surface area (Å²) in [4.78, 5) is 29.9. The topological polar surface area (TPSA) is 113 Å². The molecule has 1 unspecified atom stereocenters. The average Bonchev–Trinajstić information content (AvgIpc) is 2.96. The van der Waals surface area contributed by atoms with Gasteiger partial charge in [-0.25, -0.2) is 9.78 Å². The highest BCUT2D eigenvalue weighted by molar-refractivity contribution is 5.87. The van der Waals surface area contributed by atoms with Crippen LogP contribution in [0.1, 0.15) is 17.3 Å². The Morgan fingerprint density at radius 1 is 1.30 bits per heavy atom. The van der Waals surface area contributed by atoms with Gasteiger partial charge in [0.15, 0.2) is 0 Å². The zero-order chi connectivity index (χ0) is 14.4. The predicted octanol–water partition coefficient (Wildman–Crippen LogP) is 0.436. The third-order valence-electron chi connectivity index (χ3n) is 2.69. The van der Waals surface area contributed by atoms with Crippen molar-refractivity contribution in [3.8, 4) is 0 Å². The number of urea groups is 1. The molecule has 7 heteroatoms. The molecule has 3 amide bonds. The standard InChI is InChI=1S/C13H15N5O2/c14-13(20)18-11(9-4-2-1-3-5-9)12(19)16-7-10-6-15-8-17-10/h1-6,8,11H,7H2,(H,15,17)(H,16,19)(H3,14,18,20). The Morgan fingerprint density at radius 2 is 2.05 bits per heavy atom. The smallest absolute Gasteiger partial charge is 0.313 e. The minimum absolute atomic E-state index is 0.294. The Morgan fingerprint density at radius 3 is 2.65 bits per heavy atom. The monoisotopic (exact) mass is 273 g/mol. The Kier molecular flexibility index (Phi) is 4.33. The lowest BCUT2D eigenvalue weighted by atomic mass is 10.1. The van der Waals surface area contributed by atoms with Crippen LogP contribution in [0.4, 0.5) is 4.79 Å². The van der Waals surface area contributed by atoms with E-state index in [1.54, 1.807) is 30.5 Å². The van der Waals surface area contributed by atoms with E-state index in [0.717, 1.165) is 5.69 Å². The van der Waals surface area contributed by atoms with E-state index in [4.69, 9.17) is 5.73 Å². The van der Waals surface area contributed by atoms with Gasteiger partial charge >= 0.3 is 6.03 Å². The molecule has 20 heavy (non-hydrogen) atoms. The van der Waals surface area contributed by atoms with Crippen LogP contribution >= 0.6 is 0 Å². The van der Waals surface area contributed by atoms with Crippen LogP contribution in [0, 0.1) is 0 Å². The molecular weight excluding hydrogens is 258 g/mol. The maximum Gasteiger partial charge on any atom is 0.313 e. The van der Waals surface area contributed by atoms with Crippen LogP contribution in [0.15, 0.2) is 42.9 Å². The van der Waals surface area contributed by atoms with Crippen LogP contribution in [0.3, 0.4) is 0 Å². The van der Waals surface area contributed by atoms with E-state index in [-0.39, 0.29) is 5.91 Å². The predicted molar refractivity (Wildman–Crippen MR) is 72.3 cm³/mol. The number of amides is 3. The summed E-state index contributed by atoms with van der Waals surface area (Å²) in [6.07, 6.45) is 3.14. The summed E-state index contributed by atoms with van der Waals surface area (Å²) < 4.78 is 0. The summed E-state index contributed by atoms with van der Waals surface area (Å²) in [5.74, 6) is -0.343. The number of hydrogen-bond donors (Lipinski definition) is 4. The number of H-pyrrole nitrogens is 1. The molecule has 0 aliphatic heterocycles. The van der Waals surface area contributed by atoms with Crippen molar-refractivity contribution in [3.05, 3.63) is 54.1 Å². The van der Waals surface area contributed by atoms with Gasteiger partial charge in [-0.2, -0.15) is 0 Å². The number of benzene rings is 1. The first-order valence-electron chi connectivity index (χ1n) is 6.02. The molecule has 2 aromatic rings. The molecule has 1 aromatic carbocycles. The molecule has 0 fully saturated rings. The van der Waals surface area contributed by atoms with Gasteiger partial charge in [0.2, 0.25) is 5.91 Å². The van der Waals surface area contributed by atoms with E-state index in [0.29, 0.717) is 12.1 Å². The minimum atomic E-state index is -0.823. The summed E-state index contributed by atoms with van der Waals surface area (Å²) in [5, 5.41) is 5.14. The maximum absolute atomic E-state index is 12.2. The number of primary amides is 1. The van der Waals surface area contributed by atoms with E-state index < -0.39 is 12.1 Å². The van der Waals surface area contributed by atoms with Crippen LogP contribution < -0.4 is 16.4 Å². The number of nitrogens with one attached hydrogen (secondary N) is 3. The number of nitrogens with two attached hydrogens (primary N) is 1. The molecule has 0 aliphatic carbocycles. The fraction of sp³-hybridized carbons (Fsp3) is 0.154. The molecule has 0 saturated carbocycles. The second kappa shape index (κ2) is 6.37. The van der Waals surface area contributed by atoms with Crippen LogP contribution in [-0.4, -0.2) is 21.9 Å². The fourth-order valence-corrected chi connectivity index (χ4v) is 1.75. The zero-order valence-corrected chi connectivity index (χ0v) is 10.7. The van der Waals surface area contributed by atoms with Gasteiger partial charge in [0, 0.05) is 6.20 Å². The Balaban J connectivity index is 2.06. The lowest BCUT2D eigenvalue weighted by Crippen LogP contribution is -2.42. The minimum Gasteiger partial charge on any atom is -0.352 e. The van der Waals surface area contributed by atoms with Gasteiger partial charge in [0.25, 0.3) is 0 Å². The van der Waals surface area contributed by atoms with Crippen molar-refractivity contribution in [2.24, 2.45) is 5.73 Å². The van der Waals surface area contributed by atoms with Crippen LogP contribution in [0.25, 0.3) is 0 Å². The SMILES string of the molecule is NC(=O)NC(C(=O)NCc1cnc[nH]1)c1ccccc1. The molecular formula is C13H15N5O2. The van der Waals surface area contributed by atoms with Crippen molar-refractivity contribution >= 4 is 11.9 Å². The summed E-state index contributed by atoms with van der Waals surface area (Å²) in [6.45, 7) is 0.294. The van der Waals surface area contributed by atoms with Crippen LogP contribution in [-0.2, 0) is 11.3 Å². The third-order valence-corrected chi connectivity index (χ3v) is 2.69. The van der Waals surface area contributed by atoms with Crippen LogP contribution in [0.5, 0.6) is 0 Å². The fourth-order valence-electron chi connectivity index (χ4n) is 1.75. The first kappa shape index (κ1) is 13.6. The van der Waals surface area contributed by atoms with E-state index in [9.17, 15) is 9.59 Å². The molecule has 0 radical (unpaired) electrons. The van der Waals surface area contributed by atoms with Crippen molar-refractivity contribution in [2.45, 2.75) is 12.6 Å². The third kappa shape index (κ3) is 3.58. The number of carbonyl (C=O) groups excluding carboxylic acids is 2. The molecule has 1 atom stereocenters. The molecule has 0 bridgehead atoms. The Labute approximate surface area is 115 Å². The van der Waals surface area contributed by atoms with Gasteiger partial charge in [0.1, 0.15) is 6.04 Å². The number of rotatable bonds is 5. The number of aromatic amines is 1. The number of nitrogens with zero attached hydrogens (tertiary/aromatic N) is 1. The van der Waals surface area contributed by atoms with Gasteiger partial charge in [0.05, 0.1) is 18.6 Å². The van der Waals surface area contributed by atoms with E-state index in [1.165, 1.54) is 6.33 Å². The summed E-state index contributed by atoms with van der Waals surface area (Å²) in [6, 6.07) is 7.31. The highest BCUT2D eigenvalue weighted by atomic mass is 16.2. The summed E-state index contributed by atoms with van der Waals surface area (Å²) >= 11 is 0. The molecule has 1 aromatic heterocycles. The quantitative estimate of drug-likeness (QED) is 0.633. The lowest BCUT2D eigenvalue weighted by molar-refractivity contribution is -0.123. The summed E-state index contributed by atoms with van der Waals surface area (Å²) in [7, 11) is 0. The van der Waals surface area contributed by atoms with Crippen molar-refractivity contribution in [3.63, 3.8) is 0 Å². The Hall–Kier alpha value is -2.83. The first-order chi connectivity index (χ1) is 9.66.